The third-order valence-corrected chi connectivity index (χ3v) is 1.59. The highest BCUT2D eigenvalue weighted by Crippen LogP contribution is 1.91. The molecule has 1 aromatic rings. The van der Waals surface area contributed by atoms with Gasteiger partial charge in [0.25, 0.3) is 0 Å². The first-order valence-electron chi connectivity index (χ1n) is 3.84. The van der Waals surface area contributed by atoms with E-state index in [0.717, 1.165) is 6.54 Å². The van der Waals surface area contributed by atoms with Crippen molar-refractivity contribution in [3.8, 4) is 0 Å². The minimum Gasteiger partial charge on any atom is -0.269 e. The molecule has 16 heavy (non-hydrogen) atoms. The highest BCUT2D eigenvalue weighted by molar-refractivity contribution is 4.65. The van der Waals surface area contributed by atoms with Crippen molar-refractivity contribution in [2.45, 2.75) is 26.3 Å². The minimum absolute atomic E-state index is 0. The summed E-state index contributed by atoms with van der Waals surface area (Å²) in [6.45, 7) is 3.36. The van der Waals surface area contributed by atoms with Crippen LogP contribution in [-0.2, 0) is 13.6 Å². The molecule has 0 N–H and O–H groups in total. The smallest absolute Gasteiger partial charge is 0.243 e. The maximum absolute atomic E-state index is 2.21. The third kappa shape index (κ3) is 12.8. The van der Waals surface area contributed by atoms with E-state index in [-0.39, 0.29) is 28.2 Å². The summed E-state index contributed by atoms with van der Waals surface area (Å²) < 4.78 is 4.28. The van der Waals surface area contributed by atoms with E-state index in [0.29, 0.717) is 0 Å². The van der Waals surface area contributed by atoms with Crippen molar-refractivity contribution in [3.05, 3.63) is 18.7 Å². The lowest BCUT2D eigenvalue weighted by atomic mass is 10.3. The van der Waals surface area contributed by atoms with Gasteiger partial charge in [-0.2, -0.15) is 0 Å². The quantitative estimate of drug-likeness (QED) is 0.580. The fourth-order valence-electron chi connectivity index (χ4n) is 0.975. The summed E-state index contributed by atoms with van der Waals surface area (Å²) in [6, 6.07) is 0. The Bertz CT molecular complexity index is 206. The number of nitrogens with zero attached hydrogens (tertiary/aromatic N) is 2. The number of rotatable bonds is 3. The van der Waals surface area contributed by atoms with Gasteiger partial charge in [-0.3, -0.25) is 28.2 Å². The monoisotopic (exact) mass is 259 g/mol. The van der Waals surface area contributed by atoms with Crippen LogP contribution in [0.2, 0.25) is 0 Å². The molecule has 0 aliphatic carbocycles. The second-order valence-electron chi connectivity index (χ2n) is 2.67. The molecule has 1 rings (SSSR count). The van der Waals surface area contributed by atoms with Crippen molar-refractivity contribution >= 4 is 0 Å². The molecule has 0 fully saturated rings. The van der Waals surface area contributed by atoms with Crippen LogP contribution in [0.1, 0.15) is 19.8 Å². The van der Waals surface area contributed by atoms with E-state index in [2.05, 4.69) is 34.8 Å². The molecule has 1 aromatic heterocycles. The lowest BCUT2D eigenvalue weighted by molar-refractivity contribution is -0.671. The molecule has 1 heterocycles. The molecule has 0 saturated heterocycles. The highest BCUT2D eigenvalue weighted by atomic mass is 19.0. The first-order chi connectivity index (χ1) is 4.83. The Hall–Kier alpha value is -1.21. The molecule has 0 unspecified atom stereocenters. The number of hydrogen-bond acceptors (Lipinski definition) is 0. The van der Waals surface area contributed by atoms with E-state index in [1.165, 1.54) is 12.8 Å². The van der Waals surface area contributed by atoms with Crippen molar-refractivity contribution in [2.75, 3.05) is 0 Å². The number of unbranched alkanes of at least 4 members (excludes halogenated alkanes) is 1. The molecule has 8 heteroatoms. The molecule has 0 spiro atoms. The third-order valence-electron chi connectivity index (χ3n) is 1.59. The number of imidazole rings is 1. The summed E-state index contributed by atoms with van der Waals surface area (Å²) in [6.07, 6.45) is 8.82. The molecule has 2 nitrogen and oxygen atoms in total. The molecule has 104 valence electrons. The van der Waals surface area contributed by atoms with Gasteiger partial charge in [-0.1, -0.05) is 13.3 Å². The standard InChI is InChI=1S/C8H15N2.6FH/c1-3-4-5-10-7-6-9(2)8-10;;;;;;/h6-8H,3-5H2,1-2H3;6*1H/q+1;;;;;;. The van der Waals surface area contributed by atoms with Gasteiger partial charge in [0.05, 0.1) is 13.6 Å². The van der Waals surface area contributed by atoms with Gasteiger partial charge in [-0.15, -0.1) is 0 Å². The average Bonchev–Trinajstić information content (AvgIpc) is 2.31. The molecule has 0 aliphatic heterocycles. The number of halogens is 6. The zero-order chi connectivity index (χ0) is 7.40. The van der Waals surface area contributed by atoms with Crippen LogP contribution in [0, 0.1) is 0 Å². The van der Waals surface area contributed by atoms with Gasteiger partial charge in [0.15, 0.2) is 0 Å². The summed E-state index contributed by atoms with van der Waals surface area (Å²) in [5.74, 6) is 0. The predicted octanol–water partition coefficient (Wildman–Crippen LogP) is 2.03. The summed E-state index contributed by atoms with van der Waals surface area (Å²) in [7, 11) is 2.04. The summed E-state index contributed by atoms with van der Waals surface area (Å²) in [5, 5.41) is 0. The van der Waals surface area contributed by atoms with Gasteiger partial charge in [0, 0.05) is 0 Å². The van der Waals surface area contributed by atoms with Crippen LogP contribution in [0.5, 0.6) is 0 Å². The van der Waals surface area contributed by atoms with Crippen LogP contribution in [-0.4, -0.2) is 4.57 Å². The van der Waals surface area contributed by atoms with Crippen molar-refractivity contribution in [1.82, 2.24) is 4.57 Å². The molecule has 0 radical (unpaired) electrons. The molecule has 0 aliphatic rings. The summed E-state index contributed by atoms with van der Waals surface area (Å²) >= 11 is 0. The van der Waals surface area contributed by atoms with Gasteiger partial charge < -0.3 is 0 Å². The van der Waals surface area contributed by atoms with Gasteiger partial charge in [-0.25, -0.2) is 9.13 Å². The average molecular weight is 259 g/mol. The van der Waals surface area contributed by atoms with Crippen LogP contribution in [0.3, 0.4) is 0 Å². The van der Waals surface area contributed by atoms with Crippen molar-refractivity contribution < 1.29 is 32.8 Å². The van der Waals surface area contributed by atoms with Crippen molar-refractivity contribution in [1.29, 1.82) is 0 Å². The number of aryl methyl sites for hydroxylation is 2. The first-order valence-corrected chi connectivity index (χ1v) is 3.84. The lowest BCUT2D eigenvalue weighted by Gasteiger charge is -1.90. The molecular formula is C8H21F6N2+. The van der Waals surface area contributed by atoms with Gasteiger partial charge in [0.2, 0.25) is 6.33 Å². The molecular weight excluding hydrogens is 238 g/mol. The normalized spacial score (nSPS) is 6.38. The molecule has 0 bridgehead atoms. The van der Waals surface area contributed by atoms with E-state index in [1.54, 1.807) is 0 Å². The molecule has 0 aromatic carbocycles. The highest BCUT2D eigenvalue weighted by Gasteiger charge is 1.96. The fraction of sp³-hybridized carbons (Fsp3) is 0.625. The first kappa shape index (κ1) is 36.4. The SMILES string of the molecule is CCCCn1cc[n+](C)c1.F.F.F.F.F.F. The van der Waals surface area contributed by atoms with Crippen LogP contribution in [0.25, 0.3) is 0 Å². The van der Waals surface area contributed by atoms with Crippen molar-refractivity contribution in [3.63, 3.8) is 0 Å². The van der Waals surface area contributed by atoms with Crippen LogP contribution in [0.15, 0.2) is 18.7 Å². The van der Waals surface area contributed by atoms with Crippen LogP contribution < -0.4 is 4.57 Å². The van der Waals surface area contributed by atoms with Crippen LogP contribution >= 0.6 is 0 Å². The Balaban J connectivity index is -0.0000000417. The van der Waals surface area contributed by atoms with Crippen LogP contribution in [0.4, 0.5) is 28.2 Å². The van der Waals surface area contributed by atoms with E-state index < -0.39 is 0 Å². The van der Waals surface area contributed by atoms with E-state index >= 15 is 0 Å². The molecule has 0 saturated carbocycles. The predicted molar refractivity (Wildman–Crippen MR) is 55.5 cm³/mol. The zero-order valence-corrected chi connectivity index (χ0v) is 9.20. The Morgan fingerprint density at radius 3 is 1.81 bits per heavy atom. The number of hydrogen-bond donors (Lipinski definition) is 0. The van der Waals surface area contributed by atoms with E-state index in [4.69, 9.17) is 0 Å². The summed E-state index contributed by atoms with van der Waals surface area (Å²) in [4.78, 5) is 0. The zero-order valence-electron chi connectivity index (χ0n) is 9.20. The lowest BCUT2D eigenvalue weighted by Crippen LogP contribution is -2.23. The minimum atomic E-state index is 0. The van der Waals surface area contributed by atoms with Gasteiger partial charge in [0.1, 0.15) is 12.4 Å². The Labute approximate surface area is 90.5 Å². The van der Waals surface area contributed by atoms with Gasteiger partial charge >= 0.3 is 0 Å². The maximum atomic E-state index is 2.21. The maximum Gasteiger partial charge on any atom is 0.243 e. The fourth-order valence-corrected chi connectivity index (χ4v) is 0.975. The second-order valence-corrected chi connectivity index (χ2v) is 2.67. The number of aromatic nitrogens is 2. The summed E-state index contributed by atoms with van der Waals surface area (Å²) in [5.41, 5.74) is 0. The Morgan fingerprint density at radius 2 is 1.50 bits per heavy atom. The van der Waals surface area contributed by atoms with E-state index in [1.807, 2.05) is 7.05 Å². The Kier molecular flexibility index (Phi) is 44.1. The molecule has 0 atom stereocenters. The van der Waals surface area contributed by atoms with E-state index in [9.17, 15) is 0 Å². The largest absolute Gasteiger partial charge is 0.269 e. The van der Waals surface area contributed by atoms with Crippen molar-refractivity contribution in [2.24, 2.45) is 7.05 Å². The Morgan fingerprint density at radius 1 is 1.00 bits per heavy atom. The second kappa shape index (κ2) is 19.4. The molecule has 0 amide bonds. The van der Waals surface area contributed by atoms with Gasteiger partial charge in [-0.05, 0) is 6.42 Å². The topological polar surface area (TPSA) is 8.81 Å².